The first-order chi connectivity index (χ1) is 8.06. The fraction of sp³-hybridized carbons (Fsp3) is 0.583. The van der Waals surface area contributed by atoms with Crippen LogP contribution in [0, 0.1) is 24.7 Å². The Morgan fingerprint density at radius 2 is 1.82 bits per heavy atom. The van der Waals surface area contributed by atoms with Gasteiger partial charge in [0.1, 0.15) is 6.10 Å². The predicted octanol–water partition coefficient (Wildman–Crippen LogP) is 0.317. The number of esters is 2. The summed E-state index contributed by atoms with van der Waals surface area (Å²) in [5, 5.41) is 9.31. The third-order valence-electron chi connectivity index (χ3n) is 2.02. The van der Waals surface area contributed by atoms with E-state index >= 15 is 0 Å². The number of hydrogen-bond acceptors (Lipinski definition) is 5. The second-order valence-electron chi connectivity index (χ2n) is 3.28. The van der Waals surface area contributed by atoms with Crippen LogP contribution in [0.4, 0.5) is 0 Å². The average Bonchev–Trinajstić information content (AvgIpc) is 2.33. The highest BCUT2D eigenvalue weighted by atomic mass is 16.5. The third-order valence-corrected chi connectivity index (χ3v) is 2.02. The van der Waals surface area contributed by atoms with Gasteiger partial charge < -0.3 is 14.6 Å². The summed E-state index contributed by atoms with van der Waals surface area (Å²) in [4.78, 5) is 22.5. The maximum Gasteiger partial charge on any atom is 0.321 e. The summed E-state index contributed by atoms with van der Waals surface area (Å²) in [6.07, 6.45) is 0.193. The molecule has 0 saturated carbocycles. The zero-order valence-corrected chi connectivity index (χ0v) is 10.1. The molecule has 0 aromatic carbocycles. The molecule has 5 nitrogen and oxygen atoms in total. The van der Waals surface area contributed by atoms with Crippen molar-refractivity contribution in [3.8, 4) is 11.8 Å². The Hall–Kier alpha value is -1.54. The van der Waals surface area contributed by atoms with E-state index in [1.54, 1.807) is 0 Å². The van der Waals surface area contributed by atoms with Gasteiger partial charge in [-0.15, -0.1) is 0 Å². The summed E-state index contributed by atoms with van der Waals surface area (Å²) >= 11 is 0. The molecule has 17 heavy (non-hydrogen) atoms. The van der Waals surface area contributed by atoms with Crippen LogP contribution in [-0.2, 0) is 19.1 Å². The van der Waals surface area contributed by atoms with Gasteiger partial charge in [-0.05, 0) is 12.8 Å². The van der Waals surface area contributed by atoms with Crippen molar-refractivity contribution in [1.29, 1.82) is 0 Å². The second kappa shape index (κ2) is 8.59. The van der Waals surface area contributed by atoms with Gasteiger partial charge in [-0.2, -0.15) is 0 Å². The molecule has 1 atom stereocenters. The van der Waals surface area contributed by atoms with Crippen LogP contribution < -0.4 is 0 Å². The average molecular weight is 241 g/mol. The van der Waals surface area contributed by atoms with Crippen LogP contribution in [0.3, 0.4) is 0 Å². The van der Waals surface area contributed by atoms with Gasteiger partial charge in [0.15, 0.2) is 5.92 Å². The van der Waals surface area contributed by atoms with Crippen molar-refractivity contribution in [2.45, 2.75) is 25.4 Å². The number of carbonyl (C=O) groups is 2. The van der Waals surface area contributed by atoms with E-state index in [1.165, 1.54) is 14.2 Å². The fourth-order valence-corrected chi connectivity index (χ4v) is 1.09. The maximum atomic E-state index is 11.3. The van der Waals surface area contributed by atoms with Gasteiger partial charge in [-0.3, -0.25) is 9.59 Å². The molecular formula is C12H17O5. The summed E-state index contributed by atoms with van der Waals surface area (Å²) < 4.78 is 8.92. The first-order valence-electron chi connectivity index (χ1n) is 5.18. The van der Waals surface area contributed by atoms with Crippen LogP contribution in [0.25, 0.3) is 0 Å². The minimum Gasteiger partial charge on any atom is -0.468 e. The largest absolute Gasteiger partial charge is 0.468 e. The Balaban J connectivity index is 4.45. The van der Waals surface area contributed by atoms with Crippen LogP contribution in [0.15, 0.2) is 0 Å². The van der Waals surface area contributed by atoms with E-state index in [-0.39, 0.29) is 6.42 Å². The lowest BCUT2D eigenvalue weighted by Gasteiger charge is -2.08. The number of rotatable bonds is 5. The van der Waals surface area contributed by atoms with E-state index in [0.29, 0.717) is 12.8 Å². The van der Waals surface area contributed by atoms with Crippen LogP contribution in [-0.4, -0.2) is 37.4 Å². The van der Waals surface area contributed by atoms with Gasteiger partial charge in [0.25, 0.3) is 0 Å². The minimum absolute atomic E-state index is 0.0342. The number of methoxy groups -OCH3 is 2. The molecule has 0 aliphatic rings. The predicted molar refractivity (Wildman–Crippen MR) is 60.5 cm³/mol. The quantitative estimate of drug-likeness (QED) is 0.426. The number of aliphatic hydroxyl groups is 1. The third kappa shape index (κ3) is 5.93. The number of carbonyl (C=O) groups excluding carboxylic acids is 2. The van der Waals surface area contributed by atoms with Crippen molar-refractivity contribution in [3.05, 3.63) is 6.92 Å². The molecule has 0 heterocycles. The molecule has 5 heteroatoms. The lowest BCUT2D eigenvalue weighted by atomic mass is 10.1. The first kappa shape index (κ1) is 15.5. The Labute approximate surface area is 101 Å². The fourth-order valence-electron chi connectivity index (χ4n) is 1.09. The van der Waals surface area contributed by atoms with E-state index in [4.69, 9.17) is 0 Å². The zero-order valence-electron chi connectivity index (χ0n) is 10.1. The molecule has 0 aromatic rings. The lowest BCUT2D eigenvalue weighted by molar-refractivity contribution is -0.158. The van der Waals surface area contributed by atoms with Crippen LogP contribution in [0.1, 0.15) is 19.3 Å². The van der Waals surface area contributed by atoms with Crippen molar-refractivity contribution < 1.29 is 24.2 Å². The lowest BCUT2D eigenvalue weighted by Crippen LogP contribution is -2.26. The Kier molecular flexibility index (Phi) is 7.82. The van der Waals surface area contributed by atoms with Gasteiger partial charge >= 0.3 is 11.9 Å². The number of hydrogen-bond donors (Lipinski definition) is 1. The van der Waals surface area contributed by atoms with Crippen LogP contribution in [0.2, 0.25) is 0 Å². The van der Waals surface area contributed by atoms with E-state index in [0.717, 1.165) is 0 Å². The summed E-state index contributed by atoms with van der Waals surface area (Å²) in [5.41, 5.74) is 0. The molecule has 0 saturated heterocycles. The van der Waals surface area contributed by atoms with Crippen LogP contribution >= 0.6 is 0 Å². The highest BCUT2D eigenvalue weighted by Crippen LogP contribution is 2.07. The molecule has 0 aliphatic heterocycles. The van der Waals surface area contributed by atoms with Gasteiger partial charge in [0.2, 0.25) is 0 Å². The van der Waals surface area contributed by atoms with Gasteiger partial charge in [0, 0.05) is 6.42 Å². The molecular weight excluding hydrogens is 224 g/mol. The molecule has 0 amide bonds. The monoisotopic (exact) mass is 241 g/mol. The minimum atomic E-state index is -1.07. The molecule has 0 aromatic heterocycles. The Morgan fingerprint density at radius 1 is 1.29 bits per heavy atom. The van der Waals surface area contributed by atoms with Crippen molar-refractivity contribution in [3.63, 3.8) is 0 Å². The van der Waals surface area contributed by atoms with E-state index < -0.39 is 24.0 Å². The highest BCUT2D eigenvalue weighted by molar-refractivity contribution is 5.95. The topological polar surface area (TPSA) is 72.8 Å². The molecule has 0 aliphatic carbocycles. The molecule has 95 valence electrons. The molecule has 0 bridgehead atoms. The van der Waals surface area contributed by atoms with Gasteiger partial charge in [0.05, 0.1) is 14.2 Å². The first-order valence-corrected chi connectivity index (χ1v) is 5.18. The second-order valence-corrected chi connectivity index (χ2v) is 3.28. The van der Waals surface area contributed by atoms with Gasteiger partial charge in [-0.25, -0.2) is 0 Å². The standard InChI is InChI=1S/C12H17O5/c1-4-6-9(13)7-5-8-10(11(14)16-2)12(15)17-3/h9-10,13H,1,4,6,8H2,2-3H3. The molecule has 0 spiro atoms. The molecule has 0 fully saturated rings. The normalized spacial score (nSPS) is 11.4. The van der Waals surface area contributed by atoms with Crippen molar-refractivity contribution >= 4 is 11.9 Å². The molecule has 1 radical (unpaired) electrons. The smallest absolute Gasteiger partial charge is 0.321 e. The highest BCUT2D eigenvalue weighted by Gasteiger charge is 2.27. The summed E-state index contributed by atoms with van der Waals surface area (Å²) in [6.45, 7) is 3.58. The Bertz CT molecular complexity index is 297. The SMILES string of the molecule is [CH2]CCC(O)C#CCC(C(=O)OC)C(=O)OC. The maximum absolute atomic E-state index is 11.3. The van der Waals surface area contributed by atoms with E-state index in [2.05, 4.69) is 28.2 Å². The Morgan fingerprint density at radius 3 is 2.24 bits per heavy atom. The van der Waals surface area contributed by atoms with Crippen molar-refractivity contribution in [2.24, 2.45) is 5.92 Å². The zero-order chi connectivity index (χ0) is 13.3. The molecule has 1 N–H and O–H groups in total. The van der Waals surface area contributed by atoms with Gasteiger partial charge in [-0.1, -0.05) is 18.8 Å². The van der Waals surface area contributed by atoms with Crippen molar-refractivity contribution in [2.75, 3.05) is 14.2 Å². The van der Waals surface area contributed by atoms with Crippen molar-refractivity contribution in [1.82, 2.24) is 0 Å². The number of ether oxygens (including phenoxy) is 2. The molecule has 0 rings (SSSR count). The summed E-state index contributed by atoms with van der Waals surface area (Å²) in [7, 11) is 2.37. The molecule has 1 unspecified atom stereocenters. The number of aliphatic hydroxyl groups excluding tert-OH is 1. The summed E-state index contributed by atoms with van der Waals surface area (Å²) in [5.74, 6) is 2.63. The van der Waals surface area contributed by atoms with E-state index in [1.807, 2.05) is 0 Å². The van der Waals surface area contributed by atoms with E-state index in [9.17, 15) is 14.7 Å². The van der Waals surface area contributed by atoms with Crippen LogP contribution in [0.5, 0.6) is 0 Å². The summed E-state index contributed by atoms with van der Waals surface area (Å²) in [6, 6.07) is 0.